The van der Waals surface area contributed by atoms with Gasteiger partial charge in [0.1, 0.15) is 6.04 Å². The molecule has 4 aliphatic heterocycles. The Morgan fingerprint density at radius 2 is 1.59 bits per heavy atom. The maximum Gasteiger partial charge on any atom is 0.262 e. The van der Waals surface area contributed by atoms with Crippen molar-refractivity contribution in [3.8, 4) is 11.3 Å². The molecule has 8 rings (SSSR count). The summed E-state index contributed by atoms with van der Waals surface area (Å²) in [7, 11) is 0. The van der Waals surface area contributed by atoms with Gasteiger partial charge in [-0.2, -0.15) is 5.10 Å². The van der Waals surface area contributed by atoms with Crippen LogP contribution in [0.4, 0.5) is 11.4 Å². The van der Waals surface area contributed by atoms with Crippen molar-refractivity contribution in [3.63, 3.8) is 0 Å². The van der Waals surface area contributed by atoms with Crippen LogP contribution >= 0.6 is 11.6 Å². The number of aromatic nitrogens is 2. The lowest BCUT2D eigenvalue weighted by molar-refractivity contribution is -0.136. The summed E-state index contributed by atoms with van der Waals surface area (Å²) in [6.07, 6.45) is 3.97. The van der Waals surface area contributed by atoms with Gasteiger partial charge in [-0.1, -0.05) is 35.9 Å². The van der Waals surface area contributed by atoms with Gasteiger partial charge < -0.3 is 9.80 Å². The lowest BCUT2D eigenvalue weighted by Crippen LogP contribution is -2.54. The summed E-state index contributed by atoms with van der Waals surface area (Å²) in [4.78, 5) is 74.9. The van der Waals surface area contributed by atoms with Gasteiger partial charge in [-0.3, -0.25) is 43.8 Å². The van der Waals surface area contributed by atoms with Crippen LogP contribution in [0.3, 0.4) is 0 Å². The average molecular weight is 745 g/mol. The molecule has 274 valence electrons. The van der Waals surface area contributed by atoms with Crippen molar-refractivity contribution in [3.05, 3.63) is 112 Å². The summed E-state index contributed by atoms with van der Waals surface area (Å²) in [5.41, 5.74) is 5.13. The van der Waals surface area contributed by atoms with Crippen LogP contribution in [0.15, 0.2) is 72.9 Å². The molecule has 0 aliphatic carbocycles. The van der Waals surface area contributed by atoms with Crippen LogP contribution in [0, 0.1) is 6.57 Å². The topological polar surface area (TPSA) is 133 Å². The van der Waals surface area contributed by atoms with E-state index in [1.807, 2.05) is 58.2 Å². The summed E-state index contributed by atoms with van der Waals surface area (Å²) in [6.45, 7) is 12.2. The minimum absolute atomic E-state index is 0.0259. The Bertz CT molecular complexity index is 2210. The molecular formula is C40H37ClN8O5. The molecule has 0 bridgehead atoms. The lowest BCUT2D eigenvalue weighted by atomic mass is 10.0. The van der Waals surface area contributed by atoms with Crippen molar-refractivity contribution in [2.75, 3.05) is 44.2 Å². The Kier molecular flexibility index (Phi) is 9.47. The standard InChI is InChI=1S/C40H37ClN8O5/c1-42-34-9-6-27(22-32(34)41)33-14-17-48(44-33)24-25-2-4-26(5-3-25)38(52)47-20-18-46(19-21-47)28-12-15-45(16-13-28)29-7-8-30-31(23-29)40(54)49(39(30)53)35-10-11-36(50)43-37(35)51/h2-9,14,17,22-23,28,35H,10-13,15-16,18-21,24H2,(H,43,50,51). The number of carbonyl (C=O) groups is 5. The molecule has 3 saturated heterocycles. The fraction of sp³-hybridized carbons (Fsp3) is 0.325. The number of imide groups is 2. The number of anilines is 1. The van der Waals surface area contributed by atoms with Crippen molar-refractivity contribution >= 4 is 52.5 Å². The number of benzene rings is 3. The monoisotopic (exact) mass is 744 g/mol. The van der Waals surface area contributed by atoms with E-state index in [1.165, 1.54) is 0 Å². The molecule has 1 atom stereocenters. The Labute approximate surface area is 316 Å². The van der Waals surface area contributed by atoms with E-state index >= 15 is 0 Å². The van der Waals surface area contributed by atoms with Gasteiger partial charge in [0.2, 0.25) is 17.5 Å². The third-order valence-electron chi connectivity index (χ3n) is 10.9. The van der Waals surface area contributed by atoms with Gasteiger partial charge in [0.15, 0.2) is 0 Å². The summed E-state index contributed by atoms with van der Waals surface area (Å²) in [5, 5.41) is 7.30. The van der Waals surface area contributed by atoms with Crippen LogP contribution in [-0.2, 0) is 16.1 Å². The molecule has 0 saturated carbocycles. The second-order valence-corrected chi connectivity index (χ2v) is 14.5. The number of piperazine rings is 1. The smallest absolute Gasteiger partial charge is 0.262 e. The molecule has 3 aromatic carbocycles. The molecule has 13 nitrogen and oxygen atoms in total. The molecule has 1 aromatic heterocycles. The van der Waals surface area contributed by atoms with E-state index in [-0.39, 0.29) is 24.3 Å². The minimum Gasteiger partial charge on any atom is -0.371 e. The largest absolute Gasteiger partial charge is 0.371 e. The van der Waals surface area contributed by atoms with Gasteiger partial charge in [-0.05, 0) is 67.3 Å². The first-order chi connectivity index (χ1) is 26.2. The number of hydrogen-bond donors (Lipinski definition) is 1. The molecular weight excluding hydrogens is 708 g/mol. The number of hydrogen-bond acceptors (Lipinski definition) is 8. The molecule has 0 spiro atoms. The molecule has 54 heavy (non-hydrogen) atoms. The molecule has 14 heteroatoms. The number of fused-ring (bicyclic) bond motifs is 1. The molecule has 4 aromatic rings. The van der Waals surface area contributed by atoms with E-state index in [4.69, 9.17) is 18.2 Å². The number of amides is 5. The van der Waals surface area contributed by atoms with Gasteiger partial charge in [0, 0.05) is 79.8 Å². The Morgan fingerprint density at radius 1 is 0.852 bits per heavy atom. The number of nitrogens with one attached hydrogen (secondary N) is 1. The first-order valence-electron chi connectivity index (χ1n) is 18.1. The molecule has 1 N–H and O–H groups in total. The van der Waals surface area contributed by atoms with Crippen LogP contribution in [-0.4, -0.2) is 105 Å². The van der Waals surface area contributed by atoms with Gasteiger partial charge >= 0.3 is 0 Å². The Morgan fingerprint density at radius 3 is 2.30 bits per heavy atom. The highest BCUT2D eigenvalue weighted by Gasteiger charge is 2.45. The van der Waals surface area contributed by atoms with E-state index in [0.29, 0.717) is 47.5 Å². The van der Waals surface area contributed by atoms with Crippen LogP contribution in [0.25, 0.3) is 16.1 Å². The summed E-state index contributed by atoms with van der Waals surface area (Å²) < 4.78 is 1.83. The summed E-state index contributed by atoms with van der Waals surface area (Å²) >= 11 is 6.21. The third-order valence-corrected chi connectivity index (χ3v) is 11.2. The van der Waals surface area contributed by atoms with Crippen molar-refractivity contribution in [2.45, 2.75) is 44.3 Å². The number of halogens is 1. The number of nitrogens with zero attached hydrogens (tertiary/aromatic N) is 7. The Hall–Kier alpha value is -5.84. The predicted octanol–water partition coefficient (Wildman–Crippen LogP) is 4.63. The van der Waals surface area contributed by atoms with Gasteiger partial charge in [0.25, 0.3) is 17.7 Å². The molecule has 1 unspecified atom stereocenters. The molecule has 5 heterocycles. The third kappa shape index (κ3) is 6.74. The fourth-order valence-corrected chi connectivity index (χ4v) is 8.14. The van der Waals surface area contributed by atoms with E-state index < -0.39 is 29.7 Å². The van der Waals surface area contributed by atoms with Crippen LogP contribution in [0.2, 0.25) is 5.02 Å². The van der Waals surface area contributed by atoms with E-state index in [0.717, 1.165) is 66.4 Å². The highest BCUT2D eigenvalue weighted by atomic mass is 35.5. The van der Waals surface area contributed by atoms with Crippen molar-refractivity contribution in [1.29, 1.82) is 0 Å². The zero-order chi connectivity index (χ0) is 37.5. The lowest BCUT2D eigenvalue weighted by Gasteiger charge is -2.43. The van der Waals surface area contributed by atoms with Crippen molar-refractivity contribution in [1.82, 2.24) is 29.8 Å². The van der Waals surface area contributed by atoms with Gasteiger partial charge in [-0.25, -0.2) is 4.85 Å². The second-order valence-electron chi connectivity index (χ2n) is 14.1. The van der Waals surface area contributed by atoms with Crippen molar-refractivity contribution < 1.29 is 24.0 Å². The van der Waals surface area contributed by atoms with Crippen molar-refractivity contribution in [2.24, 2.45) is 0 Å². The predicted molar refractivity (Wildman–Crippen MR) is 200 cm³/mol. The highest BCUT2D eigenvalue weighted by Crippen LogP contribution is 2.33. The Balaban J connectivity index is 0.814. The molecule has 5 amide bonds. The van der Waals surface area contributed by atoms with E-state index in [9.17, 15) is 24.0 Å². The maximum absolute atomic E-state index is 13.4. The molecule has 3 fully saturated rings. The van der Waals surface area contributed by atoms with Gasteiger partial charge in [-0.15, -0.1) is 0 Å². The average Bonchev–Trinajstić information content (AvgIpc) is 3.76. The zero-order valence-electron chi connectivity index (χ0n) is 29.4. The minimum atomic E-state index is -0.983. The normalized spacial score (nSPS) is 19.6. The van der Waals surface area contributed by atoms with E-state index in [2.05, 4.69) is 25.1 Å². The zero-order valence-corrected chi connectivity index (χ0v) is 30.2. The second kappa shape index (κ2) is 14.5. The number of piperidine rings is 2. The summed E-state index contributed by atoms with van der Waals surface area (Å²) in [6, 6.07) is 19.5. The number of rotatable bonds is 7. The molecule has 4 aliphatic rings. The number of carbonyl (C=O) groups excluding carboxylic acids is 5. The van der Waals surface area contributed by atoms with E-state index in [1.54, 1.807) is 24.3 Å². The SMILES string of the molecule is [C-]#[N+]c1ccc(-c2ccn(Cc3ccc(C(=O)N4CCN(C5CCN(c6ccc7c(c6)C(=O)N(C6CCC(=O)NC6=O)C7=O)CC5)CC4)cc3)n2)cc1Cl. The summed E-state index contributed by atoms with van der Waals surface area (Å²) in [5.74, 6) is -1.99. The maximum atomic E-state index is 13.4. The molecule has 0 radical (unpaired) electrons. The fourth-order valence-electron chi connectivity index (χ4n) is 7.92. The van der Waals surface area contributed by atoms with Crippen LogP contribution in [0.1, 0.15) is 62.3 Å². The highest BCUT2D eigenvalue weighted by molar-refractivity contribution is 6.33. The quantitative estimate of drug-likeness (QED) is 0.214. The van der Waals surface area contributed by atoms with Crippen LogP contribution in [0.5, 0.6) is 0 Å². The van der Waals surface area contributed by atoms with Gasteiger partial charge in [0.05, 0.1) is 29.9 Å². The first-order valence-corrected chi connectivity index (χ1v) is 18.5. The first kappa shape index (κ1) is 35.2. The van der Waals surface area contributed by atoms with Crippen LogP contribution < -0.4 is 10.2 Å².